The molecule has 0 atom stereocenters. The SMILES string of the molecule is COc1cc2c(C(=O)N3CCc4ccccc4C3)cnc(CN)c2cc1OC. The predicted octanol–water partition coefficient (Wildman–Crippen LogP) is 2.91. The number of nitrogens with zero attached hydrogens (tertiary/aromatic N) is 2. The Morgan fingerprint density at radius 2 is 1.79 bits per heavy atom. The van der Waals surface area contributed by atoms with E-state index < -0.39 is 0 Å². The van der Waals surface area contributed by atoms with Crippen LogP contribution < -0.4 is 15.2 Å². The third kappa shape index (κ3) is 3.05. The third-order valence-electron chi connectivity index (χ3n) is 5.32. The third-order valence-corrected chi connectivity index (χ3v) is 5.32. The molecule has 28 heavy (non-hydrogen) atoms. The fourth-order valence-electron chi connectivity index (χ4n) is 3.79. The van der Waals surface area contributed by atoms with E-state index in [0.29, 0.717) is 30.2 Å². The van der Waals surface area contributed by atoms with Gasteiger partial charge in [-0.05, 0) is 29.7 Å². The molecule has 6 heteroatoms. The molecule has 0 spiro atoms. The molecule has 0 fully saturated rings. The van der Waals surface area contributed by atoms with Crippen LogP contribution in [0, 0.1) is 0 Å². The van der Waals surface area contributed by atoms with Gasteiger partial charge >= 0.3 is 0 Å². The van der Waals surface area contributed by atoms with E-state index in [1.807, 2.05) is 29.2 Å². The molecular formula is C22H23N3O3. The molecule has 0 saturated carbocycles. The lowest BCUT2D eigenvalue weighted by molar-refractivity contribution is 0.0736. The molecule has 1 aliphatic rings. The molecule has 0 unspecified atom stereocenters. The maximum absolute atomic E-state index is 13.4. The van der Waals surface area contributed by atoms with Crippen LogP contribution in [0.5, 0.6) is 11.5 Å². The number of hydrogen-bond donors (Lipinski definition) is 1. The Hall–Kier alpha value is -3.12. The van der Waals surface area contributed by atoms with E-state index in [1.54, 1.807) is 20.4 Å². The van der Waals surface area contributed by atoms with Gasteiger partial charge in [0.15, 0.2) is 11.5 Å². The summed E-state index contributed by atoms with van der Waals surface area (Å²) < 4.78 is 10.9. The standard InChI is InChI=1S/C22H23N3O3/c1-27-20-9-16-17(10-21(20)28-2)19(11-23)24-12-18(16)22(26)25-8-7-14-5-3-4-6-15(14)13-25/h3-6,9-10,12H,7-8,11,13,23H2,1-2H3. The lowest BCUT2D eigenvalue weighted by Crippen LogP contribution is -2.36. The highest BCUT2D eigenvalue weighted by Crippen LogP contribution is 2.35. The molecule has 144 valence electrons. The largest absolute Gasteiger partial charge is 0.493 e. The second kappa shape index (κ2) is 7.48. The molecule has 1 aromatic heterocycles. The predicted molar refractivity (Wildman–Crippen MR) is 108 cm³/mol. The van der Waals surface area contributed by atoms with Crippen LogP contribution in [0.2, 0.25) is 0 Å². The Bertz CT molecular complexity index is 1050. The normalized spacial score (nSPS) is 13.3. The number of ether oxygens (including phenoxy) is 2. The highest BCUT2D eigenvalue weighted by atomic mass is 16.5. The van der Waals surface area contributed by atoms with Crippen molar-refractivity contribution in [3.63, 3.8) is 0 Å². The van der Waals surface area contributed by atoms with E-state index in [4.69, 9.17) is 15.2 Å². The zero-order valence-corrected chi connectivity index (χ0v) is 16.1. The summed E-state index contributed by atoms with van der Waals surface area (Å²) in [6.07, 6.45) is 2.48. The van der Waals surface area contributed by atoms with Crippen LogP contribution in [-0.2, 0) is 19.5 Å². The summed E-state index contributed by atoms with van der Waals surface area (Å²) in [5.41, 5.74) is 9.63. The summed E-state index contributed by atoms with van der Waals surface area (Å²) in [5.74, 6) is 1.12. The maximum atomic E-state index is 13.4. The van der Waals surface area contributed by atoms with Crippen LogP contribution in [-0.4, -0.2) is 36.6 Å². The molecule has 0 radical (unpaired) electrons. The van der Waals surface area contributed by atoms with E-state index >= 15 is 0 Å². The Morgan fingerprint density at radius 1 is 1.11 bits per heavy atom. The van der Waals surface area contributed by atoms with Crippen molar-refractivity contribution >= 4 is 16.7 Å². The minimum Gasteiger partial charge on any atom is -0.493 e. The Kier molecular flexibility index (Phi) is 4.88. The molecule has 0 saturated heterocycles. The zero-order valence-electron chi connectivity index (χ0n) is 16.1. The van der Waals surface area contributed by atoms with E-state index in [1.165, 1.54) is 11.1 Å². The number of methoxy groups -OCH3 is 2. The zero-order chi connectivity index (χ0) is 19.7. The van der Waals surface area contributed by atoms with Gasteiger partial charge in [0.2, 0.25) is 0 Å². The molecule has 6 nitrogen and oxygen atoms in total. The highest BCUT2D eigenvalue weighted by Gasteiger charge is 2.24. The highest BCUT2D eigenvalue weighted by molar-refractivity contribution is 6.08. The maximum Gasteiger partial charge on any atom is 0.256 e. The van der Waals surface area contributed by atoms with Crippen molar-refractivity contribution in [1.29, 1.82) is 0 Å². The average Bonchev–Trinajstić information content (AvgIpc) is 2.76. The fourth-order valence-corrected chi connectivity index (χ4v) is 3.79. The number of amides is 1. The second-order valence-electron chi connectivity index (χ2n) is 6.82. The van der Waals surface area contributed by atoms with Gasteiger partial charge in [-0.1, -0.05) is 24.3 Å². The molecular weight excluding hydrogens is 354 g/mol. The Morgan fingerprint density at radius 3 is 2.46 bits per heavy atom. The van der Waals surface area contributed by atoms with Gasteiger partial charge in [0, 0.05) is 36.6 Å². The van der Waals surface area contributed by atoms with Crippen LogP contribution in [0.3, 0.4) is 0 Å². The number of aromatic nitrogens is 1. The Labute approximate surface area is 163 Å². The first-order valence-electron chi connectivity index (χ1n) is 9.26. The molecule has 1 aliphatic heterocycles. The first-order valence-corrected chi connectivity index (χ1v) is 9.26. The monoisotopic (exact) mass is 377 g/mol. The molecule has 2 N–H and O–H groups in total. The summed E-state index contributed by atoms with van der Waals surface area (Å²) in [5, 5.41) is 1.58. The van der Waals surface area contributed by atoms with Crippen molar-refractivity contribution in [3.05, 3.63) is 65.0 Å². The number of carbonyl (C=O) groups is 1. The molecule has 0 bridgehead atoms. The summed E-state index contributed by atoms with van der Waals surface area (Å²) in [7, 11) is 3.16. The van der Waals surface area contributed by atoms with Crippen molar-refractivity contribution in [2.24, 2.45) is 5.73 Å². The van der Waals surface area contributed by atoms with E-state index in [0.717, 1.165) is 22.9 Å². The first-order chi connectivity index (χ1) is 13.7. The van der Waals surface area contributed by atoms with Gasteiger partial charge in [-0.25, -0.2) is 0 Å². The van der Waals surface area contributed by atoms with Crippen LogP contribution in [0.1, 0.15) is 27.2 Å². The lowest BCUT2D eigenvalue weighted by atomic mass is 9.98. The summed E-state index contributed by atoms with van der Waals surface area (Å²) >= 11 is 0. The first kappa shape index (κ1) is 18.3. The van der Waals surface area contributed by atoms with Gasteiger partial charge in [0.1, 0.15) is 0 Å². The van der Waals surface area contributed by atoms with Crippen LogP contribution in [0.4, 0.5) is 0 Å². The Balaban J connectivity index is 1.79. The van der Waals surface area contributed by atoms with Crippen molar-refractivity contribution in [3.8, 4) is 11.5 Å². The minimum absolute atomic E-state index is 0.0391. The number of nitrogens with two attached hydrogens (primary N) is 1. The molecule has 1 amide bonds. The van der Waals surface area contributed by atoms with Crippen molar-refractivity contribution < 1.29 is 14.3 Å². The van der Waals surface area contributed by atoms with Gasteiger partial charge in [-0.2, -0.15) is 0 Å². The number of pyridine rings is 1. The van der Waals surface area contributed by atoms with Gasteiger partial charge in [-0.15, -0.1) is 0 Å². The van der Waals surface area contributed by atoms with Crippen molar-refractivity contribution in [2.75, 3.05) is 20.8 Å². The number of hydrogen-bond acceptors (Lipinski definition) is 5. The van der Waals surface area contributed by atoms with Gasteiger partial charge in [-0.3, -0.25) is 9.78 Å². The number of fused-ring (bicyclic) bond motifs is 2. The number of carbonyl (C=O) groups excluding carboxylic acids is 1. The molecule has 4 rings (SSSR count). The number of benzene rings is 2. The van der Waals surface area contributed by atoms with E-state index in [2.05, 4.69) is 17.1 Å². The van der Waals surface area contributed by atoms with Gasteiger partial charge in [0.05, 0.1) is 25.5 Å². The summed E-state index contributed by atoms with van der Waals surface area (Å²) in [6.45, 7) is 1.56. The fraction of sp³-hybridized carbons (Fsp3) is 0.273. The second-order valence-corrected chi connectivity index (χ2v) is 6.82. The van der Waals surface area contributed by atoms with E-state index in [-0.39, 0.29) is 12.5 Å². The summed E-state index contributed by atoms with van der Waals surface area (Å²) in [6, 6.07) is 11.9. The molecule has 2 aromatic carbocycles. The van der Waals surface area contributed by atoms with Crippen LogP contribution in [0.25, 0.3) is 10.8 Å². The lowest BCUT2D eigenvalue weighted by Gasteiger charge is -2.29. The summed E-state index contributed by atoms with van der Waals surface area (Å²) in [4.78, 5) is 19.7. The van der Waals surface area contributed by atoms with Gasteiger partial charge < -0.3 is 20.1 Å². The van der Waals surface area contributed by atoms with Crippen molar-refractivity contribution in [1.82, 2.24) is 9.88 Å². The molecule has 3 aromatic rings. The van der Waals surface area contributed by atoms with E-state index in [9.17, 15) is 4.79 Å². The quantitative estimate of drug-likeness (QED) is 0.756. The van der Waals surface area contributed by atoms with Crippen LogP contribution >= 0.6 is 0 Å². The minimum atomic E-state index is -0.0391. The van der Waals surface area contributed by atoms with Gasteiger partial charge in [0.25, 0.3) is 5.91 Å². The van der Waals surface area contributed by atoms with Crippen LogP contribution in [0.15, 0.2) is 42.6 Å². The molecule has 0 aliphatic carbocycles. The van der Waals surface area contributed by atoms with Crippen molar-refractivity contribution in [2.45, 2.75) is 19.5 Å². The number of rotatable bonds is 4. The smallest absolute Gasteiger partial charge is 0.256 e. The average molecular weight is 377 g/mol. The molecule has 2 heterocycles. The topological polar surface area (TPSA) is 77.7 Å².